The zero-order valence-electron chi connectivity index (χ0n) is 14.4. The summed E-state index contributed by atoms with van der Waals surface area (Å²) in [6.45, 7) is 2.75. The first-order valence-electron chi connectivity index (χ1n) is 8.41. The van der Waals surface area contributed by atoms with E-state index >= 15 is 0 Å². The molecule has 0 saturated heterocycles. The number of hydrogen-bond acceptors (Lipinski definition) is 4. The summed E-state index contributed by atoms with van der Waals surface area (Å²) < 4.78 is 5.14. The molecule has 0 aliphatic heterocycles. The minimum atomic E-state index is -0.422. The van der Waals surface area contributed by atoms with E-state index in [0.29, 0.717) is 25.1 Å². The molecule has 0 saturated carbocycles. The van der Waals surface area contributed by atoms with Crippen LogP contribution < -0.4 is 11.1 Å². The van der Waals surface area contributed by atoms with E-state index in [1.165, 1.54) is 0 Å². The van der Waals surface area contributed by atoms with Crippen LogP contribution in [0.5, 0.6) is 0 Å². The summed E-state index contributed by atoms with van der Waals surface area (Å²) in [4.78, 5) is 24.5. The third-order valence-corrected chi connectivity index (χ3v) is 3.91. The van der Waals surface area contributed by atoms with E-state index in [4.69, 9.17) is 10.5 Å². The van der Waals surface area contributed by atoms with Crippen molar-refractivity contribution in [2.45, 2.75) is 19.9 Å². The second-order valence-electron chi connectivity index (χ2n) is 5.75. The van der Waals surface area contributed by atoms with Crippen LogP contribution in [0.3, 0.4) is 0 Å². The first kappa shape index (κ1) is 18.7. The zero-order chi connectivity index (χ0) is 18.1. The molecule has 2 aromatic carbocycles. The van der Waals surface area contributed by atoms with Crippen molar-refractivity contribution in [2.75, 3.05) is 13.2 Å². The first-order chi connectivity index (χ1) is 12.1. The lowest BCUT2D eigenvalue weighted by atomic mass is 9.99. The van der Waals surface area contributed by atoms with Crippen LogP contribution in [0.15, 0.2) is 54.6 Å². The van der Waals surface area contributed by atoms with Crippen LogP contribution in [-0.4, -0.2) is 25.0 Å². The Bertz CT molecular complexity index is 684. The van der Waals surface area contributed by atoms with Gasteiger partial charge in [0.2, 0.25) is 0 Å². The van der Waals surface area contributed by atoms with Gasteiger partial charge in [-0.25, -0.2) is 0 Å². The topological polar surface area (TPSA) is 81.4 Å². The van der Waals surface area contributed by atoms with Gasteiger partial charge in [-0.3, -0.25) is 9.59 Å². The van der Waals surface area contributed by atoms with Crippen molar-refractivity contribution >= 4 is 11.9 Å². The Morgan fingerprint density at radius 1 is 1.04 bits per heavy atom. The van der Waals surface area contributed by atoms with Gasteiger partial charge in [-0.15, -0.1) is 0 Å². The van der Waals surface area contributed by atoms with Gasteiger partial charge in [0.05, 0.1) is 12.5 Å². The van der Waals surface area contributed by atoms with Crippen LogP contribution in [0.4, 0.5) is 0 Å². The monoisotopic (exact) mass is 340 g/mol. The first-order valence-corrected chi connectivity index (χ1v) is 8.41. The Hall–Kier alpha value is -2.66. The molecule has 1 unspecified atom stereocenters. The number of amides is 1. The molecule has 0 fully saturated rings. The van der Waals surface area contributed by atoms with Crippen molar-refractivity contribution in [1.82, 2.24) is 5.32 Å². The van der Waals surface area contributed by atoms with Gasteiger partial charge in [-0.2, -0.15) is 0 Å². The summed E-state index contributed by atoms with van der Waals surface area (Å²) in [6, 6.07) is 16.8. The molecule has 5 heteroatoms. The molecule has 0 aliphatic rings. The van der Waals surface area contributed by atoms with E-state index in [-0.39, 0.29) is 18.4 Å². The lowest BCUT2D eigenvalue weighted by Gasteiger charge is -2.16. The van der Waals surface area contributed by atoms with Crippen LogP contribution in [0.1, 0.15) is 28.4 Å². The summed E-state index contributed by atoms with van der Waals surface area (Å²) in [5, 5.41) is 2.83. The van der Waals surface area contributed by atoms with Crippen molar-refractivity contribution in [3.63, 3.8) is 0 Å². The lowest BCUT2D eigenvalue weighted by Crippen LogP contribution is -2.35. The Kier molecular flexibility index (Phi) is 7.16. The molecule has 0 spiro atoms. The number of ether oxygens (including phenoxy) is 1. The van der Waals surface area contributed by atoms with E-state index in [9.17, 15) is 9.59 Å². The maximum atomic E-state index is 12.3. The molecule has 2 rings (SSSR count). The summed E-state index contributed by atoms with van der Waals surface area (Å²) in [6.07, 6.45) is 0.520. The predicted octanol–water partition coefficient (Wildman–Crippen LogP) is 2.30. The van der Waals surface area contributed by atoms with Crippen molar-refractivity contribution in [2.24, 2.45) is 11.7 Å². The third kappa shape index (κ3) is 5.72. The van der Waals surface area contributed by atoms with Crippen LogP contribution >= 0.6 is 0 Å². The highest BCUT2D eigenvalue weighted by Gasteiger charge is 2.21. The molecule has 25 heavy (non-hydrogen) atoms. The number of esters is 1. The Morgan fingerprint density at radius 2 is 1.72 bits per heavy atom. The van der Waals surface area contributed by atoms with Gasteiger partial charge in [0, 0.05) is 18.7 Å². The Labute approximate surface area is 148 Å². The summed E-state index contributed by atoms with van der Waals surface area (Å²) in [7, 11) is 0. The number of benzene rings is 2. The minimum absolute atomic E-state index is 0.217. The largest absolute Gasteiger partial charge is 0.466 e. The van der Waals surface area contributed by atoms with E-state index < -0.39 is 5.92 Å². The lowest BCUT2D eigenvalue weighted by molar-refractivity contribution is -0.147. The maximum absolute atomic E-state index is 12.3. The van der Waals surface area contributed by atoms with Gasteiger partial charge < -0.3 is 15.8 Å². The van der Waals surface area contributed by atoms with Gasteiger partial charge in [0.25, 0.3) is 5.91 Å². The molecular formula is C20H24N2O3. The molecule has 1 atom stereocenters. The predicted molar refractivity (Wildman–Crippen MR) is 96.9 cm³/mol. The number of carbonyl (C=O) groups excluding carboxylic acids is 2. The SMILES string of the molecule is CCOC(=O)C(CNC(=O)c1ccc(CN)cc1)Cc1ccccc1. The molecular weight excluding hydrogens is 316 g/mol. The van der Waals surface area contributed by atoms with Crippen molar-refractivity contribution in [3.8, 4) is 0 Å². The fraction of sp³-hybridized carbons (Fsp3) is 0.300. The van der Waals surface area contributed by atoms with Crippen molar-refractivity contribution in [3.05, 3.63) is 71.3 Å². The van der Waals surface area contributed by atoms with E-state index in [2.05, 4.69) is 5.32 Å². The van der Waals surface area contributed by atoms with Gasteiger partial charge >= 0.3 is 5.97 Å². The van der Waals surface area contributed by atoms with Gasteiger partial charge in [-0.05, 0) is 36.6 Å². The fourth-order valence-electron chi connectivity index (χ4n) is 2.51. The molecule has 2 aromatic rings. The Balaban J connectivity index is 2.00. The Morgan fingerprint density at radius 3 is 2.32 bits per heavy atom. The smallest absolute Gasteiger partial charge is 0.311 e. The second kappa shape index (κ2) is 9.59. The molecule has 3 N–H and O–H groups in total. The number of nitrogens with two attached hydrogens (primary N) is 1. The molecule has 0 radical (unpaired) electrons. The highest BCUT2D eigenvalue weighted by molar-refractivity contribution is 5.94. The molecule has 0 aliphatic carbocycles. The zero-order valence-corrected chi connectivity index (χ0v) is 14.4. The minimum Gasteiger partial charge on any atom is -0.466 e. The summed E-state index contributed by atoms with van der Waals surface area (Å²) >= 11 is 0. The molecule has 132 valence electrons. The highest BCUT2D eigenvalue weighted by Crippen LogP contribution is 2.11. The average molecular weight is 340 g/mol. The third-order valence-electron chi connectivity index (χ3n) is 3.91. The van der Waals surface area contributed by atoms with Crippen molar-refractivity contribution < 1.29 is 14.3 Å². The summed E-state index contributed by atoms with van der Waals surface area (Å²) in [5.41, 5.74) is 8.09. The highest BCUT2D eigenvalue weighted by atomic mass is 16.5. The second-order valence-corrected chi connectivity index (χ2v) is 5.75. The number of carbonyl (C=O) groups is 2. The van der Waals surface area contributed by atoms with Gasteiger partial charge in [-0.1, -0.05) is 42.5 Å². The molecule has 0 heterocycles. The van der Waals surface area contributed by atoms with Crippen molar-refractivity contribution in [1.29, 1.82) is 0 Å². The van der Waals surface area contributed by atoms with Crippen LogP contribution in [0.2, 0.25) is 0 Å². The van der Waals surface area contributed by atoms with E-state index in [1.807, 2.05) is 42.5 Å². The number of hydrogen-bond donors (Lipinski definition) is 2. The fourth-order valence-corrected chi connectivity index (χ4v) is 2.51. The van der Waals surface area contributed by atoms with E-state index in [0.717, 1.165) is 11.1 Å². The normalized spacial score (nSPS) is 11.6. The van der Waals surface area contributed by atoms with Crippen LogP contribution in [0, 0.1) is 5.92 Å². The molecule has 0 bridgehead atoms. The quantitative estimate of drug-likeness (QED) is 0.723. The molecule has 0 aromatic heterocycles. The molecule has 1 amide bonds. The van der Waals surface area contributed by atoms with Crippen LogP contribution in [0.25, 0.3) is 0 Å². The molecule has 5 nitrogen and oxygen atoms in total. The van der Waals surface area contributed by atoms with E-state index in [1.54, 1.807) is 19.1 Å². The van der Waals surface area contributed by atoms with Gasteiger partial charge in [0.15, 0.2) is 0 Å². The summed E-state index contributed by atoms with van der Waals surface area (Å²) in [5.74, 6) is -0.939. The maximum Gasteiger partial charge on any atom is 0.311 e. The van der Waals surface area contributed by atoms with Gasteiger partial charge in [0.1, 0.15) is 0 Å². The standard InChI is InChI=1S/C20H24N2O3/c1-2-25-20(24)18(12-15-6-4-3-5-7-15)14-22-19(23)17-10-8-16(13-21)9-11-17/h3-11,18H,2,12-14,21H2,1H3,(H,22,23). The number of nitrogens with one attached hydrogen (secondary N) is 1. The van der Waals surface area contributed by atoms with Crippen LogP contribution in [-0.2, 0) is 22.5 Å². The average Bonchev–Trinajstić information content (AvgIpc) is 2.66. The number of rotatable bonds is 8.